The number of rotatable bonds is 1. The maximum atomic E-state index is 12.6. The molecular weight excluding hydrogens is 294 g/mol. The molecule has 5 nitrogen and oxygen atoms in total. The van der Waals surface area contributed by atoms with Crippen LogP contribution in [0.5, 0.6) is 0 Å². The van der Waals surface area contributed by atoms with E-state index in [1.54, 1.807) is 24.3 Å². The Hall–Kier alpha value is -1.43. The van der Waals surface area contributed by atoms with Gasteiger partial charge in [0, 0.05) is 16.9 Å². The fraction of sp³-hybridized carbons (Fsp3) is 0.467. The van der Waals surface area contributed by atoms with Gasteiger partial charge in [-0.05, 0) is 30.7 Å². The summed E-state index contributed by atoms with van der Waals surface area (Å²) in [7, 11) is 0. The lowest BCUT2D eigenvalue weighted by atomic mass is 9.78. The highest BCUT2D eigenvalue weighted by Crippen LogP contribution is 2.56. The molecule has 3 aliphatic rings. The van der Waals surface area contributed by atoms with E-state index in [0.29, 0.717) is 17.1 Å². The van der Waals surface area contributed by atoms with Gasteiger partial charge in [0.1, 0.15) is 0 Å². The normalized spacial score (nSPS) is 41.0. The van der Waals surface area contributed by atoms with Gasteiger partial charge in [-0.25, -0.2) is 0 Å². The average Bonchev–Trinajstić information content (AvgIpc) is 3.06. The van der Waals surface area contributed by atoms with Gasteiger partial charge < -0.3 is 10.2 Å². The molecular formula is C15H14ClNO4. The molecule has 6 heteroatoms. The largest absolute Gasteiger partial charge is 0.390 e. The minimum atomic E-state index is -0.904. The first kappa shape index (κ1) is 13.2. The Balaban J connectivity index is 1.73. The van der Waals surface area contributed by atoms with Crippen molar-refractivity contribution in [2.75, 3.05) is 4.90 Å². The second kappa shape index (κ2) is 4.29. The van der Waals surface area contributed by atoms with E-state index in [1.807, 2.05) is 0 Å². The molecule has 0 spiro atoms. The van der Waals surface area contributed by atoms with Gasteiger partial charge in [-0.3, -0.25) is 14.5 Å². The molecule has 110 valence electrons. The Morgan fingerprint density at radius 3 is 1.90 bits per heavy atom. The van der Waals surface area contributed by atoms with E-state index in [0.717, 1.165) is 0 Å². The van der Waals surface area contributed by atoms with Crippen molar-refractivity contribution in [2.24, 2.45) is 23.7 Å². The predicted molar refractivity (Wildman–Crippen MR) is 74.5 cm³/mol. The third-order valence-electron chi connectivity index (χ3n) is 5.18. The number of carbonyl (C=O) groups is 2. The highest BCUT2D eigenvalue weighted by Gasteiger charge is 2.67. The van der Waals surface area contributed by atoms with Gasteiger partial charge in [0.15, 0.2) is 0 Å². The second-order valence-corrected chi connectivity index (χ2v) is 6.52. The van der Waals surface area contributed by atoms with Crippen molar-refractivity contribution < 1.29 is 19.8 Å². The van der Waals surface area contributed by atoms with Crippen molar-refractivity contribution in [3.8, 4) is 0 Å². The van der Waals surface area contributed by atoms with Crippen LogP contribution in [0.3, 0.4) is 0 Å². The van der Waals surface area contributed by atoms with Gasteiger partial charge in [0.2, 0.25) is 11.8 Å². The van der Waals surface area contributed by atoms with Crippen LogP contribution in [0.15, 0.2) is 24.3 Å². The molecule has 1 aliphatic heterocycles. The zero-order chi connectivity index (χ0) is 14.9. The summed E-state index contributed by atoms with van der Waals surface area (Å²) in [6.07, 6.45) is -1.26. The van der Waals surface area contributed by atoms with Crippen LogP contribution in [0.2, 0.25) is 5.02 Å². The number of hydrogen-bond acceptors (Lipinski definition) is 4. The third kappa shape index (κ3) is 1.59. The van der Waals surface area contributed by atoms with Crippen molar-refractivity contribution in [2.45, 2.75) is 18.6 Å². The fourth-order valence-corrected chi connectivity index (χ4v) is 4.40. The standard InChI is InChI=1S/C15H14ClNO4/c16-6-1-3-7(4-2-6)17-14(20)10-8-5-9(11(10)15(17)21)13(19)12(8)18/h1-4,8-13,18-19H,5H2/t8-,9+,10-,11-,12-,13+/m1/s1. The molecule has 0 aromatic heterocycles. The molecule has 4 rings (SSSR count). The Labute approximate surface area is 126 Å². The summed E-state index contributed by atoms with van der Waals surface area (Å²) < 4.78 is 0. The highest BCUT2D eigenvalue weighted by atomic mass is 35.5. The summed E-state index contributed by atoms with van der Waals surface area (Å²) in [6, 6.07) is 6.52. The van der Waals surface area contributed by atoms with E-state index < -0.39 is 24.0 Å². The molecule has 21 heavy (non-hydrogen) atoms. The summed E-state index contributed by atoms with van der Waals surface area (Å²) in [4.78, 5) is 26.4. The molecule has 3 fully saturated rings. The second-order valence-electron chi connectivity index (χ2n) is 6.08. The molecule has 1 aromatic carbocycles. The Morgan fingerprint density at radius 2 is 1.43 bits per heavy atom. The van der Waals surface area contributed by atoms with Crippen LogP contribution < -0.4 is 4.90 Å². The average molecular weight is 308 g/mol. The number of hydrogen-bond donors (Lipinski definition) is 2. The monoisotopic (exact) mass is 307 g/mol. The molecule has 1 saturated heterocycles. The first-order valence-corrected chi connectivity index (χ1v) is 7.38. The first-order chi connectivity index (χ1) is 10.0. The fourth-order valence-electron chi connectivity index (χ4n) is 4.28. The minimum Gasteiger partial charge on any atom is -0.390 e. The zero-order valence-corrected chi connectivity index (χ0v) is 11.8. The van der Waals surface area contributed by atoms with Gasteiger partial charge in [-0.15, -0.1) is 0 Å². The summed E-state index contributed by atoms with van der Waals surface area (Å²) in [5.74, 6) is -2.18. The van der Waals surface area contributed by atoms with E-state index in [2.05, 4.69) is 0 Å². The summed E-state index contributed by atoms with van der Waals surface area (Å²) >= 11 is 5.83. The Kier molecular flexibility index (Phi) is 2.70. The predicted octanol–water partition coefficient (Wildman–Crippen LogP) is 0.817. The molecule has 2 aliphatic carbocycles. The number of imide groups is 1. The number of aliphatic hydroxyl groups is 2. The maximum absolute atomic E-state index is 12.6. The number of nitrogens with zero attached hydrogens (tertiary/aromatic N) is 1. The Bertz CT molecular complexity index is 599. The molecule has 2 amide bonds. The van der Waals surface area contributed by atoms with Crippen LogP contribution in [0.4, 0.5) is 5.69 Å². The number of anilines is 1. The molecule has 6 atom stereocenters. The van der Waals surface area contributed by atoms with Gasteiger partial charge in [-0.1, -0.05) is 11.6 Å². The number of aliphatic hydroxyl groups excluding tert-OH is 2. The van der Waals surface area contributed by atoms with Gasteiger partial charge in [0.05, 0.1) is 29.7 Å². The van der Waals surface area contributed by atoms with Crippen LogP contribution in [0.25, 0.3) is 0 Å². The topological polar surface area (TPSA) is 77.8 Å². The van der Waals surface area contributed by atoms with Crippen molar-refractivity contribution in [3.05, 3.63) is 29.3 Å². The van der Waals surface area contributed by atoms with Crippen LogP contribution >= 0.6 is 11.6 Å². The summed E-state index contributed by atoms with van der Waals surface area (Å²) in [5, 5.41) is 20.5. The van der Waals surface area contributed by atoms with Crippen molar-refractivity contribution >= 4 is 29.1 Å². The lowest BCUT2D eigenvalue weighted by Crippen LogP contribution is -2.43. The van der Waals surface area contributed by atoms with E-state index in [1.165, 1.54) is 4.90 Å². The van der Waals surface area contributed by atoms with Crippen LogP contribution in [-0.2, 0) is 9.59 Å². The van der Waals surface area contributed by atoms with Gasteiger partial charge in [-0.2, -0.15) is 0 Å². The van der Waals surface area contributed by atoms with Crippen LogP contribution in [0, 0.1) is 23.7 Å². The molecule has 1 aromatic rings. The summed E-state index contributed by atoms with van der Waals surface area (Å²) in [6.45, 7) is 0. The number of fused-ring (bicyclic) bond motifs is 5. The zero-order valence-electron chi connectivity index (χ0n) is 11.0. The number of benzene rings is 1. The number of carbonyl (C=O) groups excluding carboxylic acids is 2. The number of halogens is 1. The molecule has 0 radical (unpaired) electrons. The van der Waals surface area contributed by atoms with Crippen LogP contribution in [-0.4, -0.2) is 34.2 Å². The lowest BCUT2D eigenvalue weighted by Gasteiger charge is -2.29. The quantitative estimate of drug-likeness (QED) is 0.753. The van der Waals surface area contributed by atoms with Crippen molar-refractivity contribution in [3.63, 3.8) is 0 Å². The molecule has 2 saturated carbocycles. The third-order valence-corrected chi connectivity index (χ3v) is 5.43. The van der Waals surface area contributed by atoms with E-state index in [9.17, 15) is 19.8 Å². The molecule has 0 unspecified atom stereocenters. The maximum Gasteiger partial charge on any atom is 0.238 e. The Morgan fingerprint density at radius 1 is 0.952 bits per heavy atom. The number of amides is 2. The van der Waals surface area contributed by atoms with Gasteiger partial charge >= 0.3 is 0 Å². The van der Waals surface area contributed by atoms with E-state index in [4.69, 9.17) is 11.6 Å². The van der Waals surface area contributed by atoms with Crippen molar-refractivity contribution in [1.29, 1.82) is 0 Å². The highest BCUT2D eigenvalue weighted by molar-refractivity contribution is 6.30. The summed E-state index contributed by atoms with van der Waals surface area (Å²) in [5.41, 5.74) is 0.493. The van der Waals surface area contributed by atoms with E-state index >= 15 is 0 Å². The lowest BCUT2D eigenvalue weighted by molar-refractivity contribution is -0.129. The van der Waals surface area contributed by atoms with Gasteiger partial charge in [0.25, 0.3) is 0 Å². The van der Waals surface area contributed by atoms with Crippen LogP contribution in [0.1, 0.15) is 6.42 Å². The smallest absolute Gasteiger partial charge is 0.238 e. The first-order valence-electron chi connectivity index (χ1n) is 7.00. The molecule has 2 N–H and O–H groups in total. The molecule has 1 heterocycles. The van der Waals surface area contributed by atoms with Crippen molar-refractivity contribution in [1.82, 2.24) is 0 Å². The molecule has 2 bridgehead atoms. The van der Waals surface area contributed by atoms with E-state index in [-0.39, 0.29) is 23.7 Å². The SMILES string of the molecule is O=C1[C@@H]2[C@@H]3C[C@@H]([C@@H](O)[C@H]3O)[C@H]2C(=O)N1c1ccc(Cl)cc1. The minimum absolute atomic E-state index is 0.272.